The zero-order chi connectivity index (χ0) is 16.5. The highest BCUT2D eigenvalue weighted by molar-refractivity contribution is 5.80. The summed E-state index contributed by atoms with van der Waals surface area (Å²) in [6.45, 7) is 5.07. The van der Waals surface area contributed by atoms with Gasteiger partial charge in [-0.05, 0) is 37.1 Å². The minimum Gasteiger partial charge on any atom is -0.492 e. The summed E-state index contributed by atoms with van der Waals surface area (Å²) in [5, 5.41) is 2.81. The molecule has 0 aliphatic carbocycles. The highest BCUT2D eigenvalue weighted by Gasteiger charge is 2.12. The first kappa shape index (κ1) is 17.0. The number of hydrogen-bond donors (Lipinski definition) is 1. The van der Waals surface area contributed by atoms with E-state index in [2.05, 4.69) is 5.32 Å². The molecule has 0 saturated heterocycles. The highest BCUT2D eigenvalue weighted by atomic mass is 16.5. The van der Waals surface area contributed by atoms with Gasteiger partial charge in [0.15, 0.2) is 0 Å². The predicted octanol–water partition coefficient (Wildman–Crippen LogP) is 3.10. The smallest absolute Gasteiger partial charge is 0.248 e. The molecule has 0 spiro atoms. The molecule has 0 aliphatic rings. The summed E-state index contributed by atoms with van der Waals surface area (Å²) in [6.07, 6.45) is -0.492. The van der Waals surface area contributed by atoms with E-state index >= 15 is 0 Å². The second-order valence-corrected chi connectivity index (χ2v) is 5.39. The van der Waals surface area contributed by atoms with Crippen LogP contribution >= 0.6 is 0 Å². The number of aryl methyl sites for hydroxylation is 1. The predicted molar refractivity (Wildman–Crippen MR) is 90.4 cm³/mol. The van der Waals surface area contributed by atoms with E-state index in [0.717, 1.165) is 16.9 Å². The molecule has 2 aromatic rings. The Morgan fingerprint density at radius 1 is 1.13 bits per heavy atom. The zero-order valence-corrected chi connectivity index (χ0v) is 13.6. The molecule has 2 rings (SSSR count). The van der Waals surface area contributed by atoms with Crippen molar-refractivity contribution in [1.29, 1.82) is 0 Å². The summed E-state index contributed by atoms with van der Waals surface area (Å²) in [5.41, 5.74) is 2.20. The maximum Gasteiger partial charge on any atom is 0.248 e. The van der Waals surface area contributed by atoms with Gasteiger partial charge in [-0.3, -0.25) is 4.79 Å². The summed E-state index contributed by atoms with van der Waals surface area (Å²) in [7, 11) is 0. The molecule has 122 valence electrons. The third-order valence-electron chi connectivity index (χ3n) is 3.37. The normalized spacial score (nSPS) is 11.7. The molecule has 0 radical (unpaired) electrons. The topological polar surface area (TPSA) is 47.6 Å². The Hall–Kier alpha value is -2.33. The average molecular weight is 313 g/mol. The number of carbonyl (C=O) groups is 1. The summed E-state index contributed by atoms with van der Waals surface area (Å²) in [4.78, 5) is 11.9. The number of amides is 1. The molecular weight excluding hydrogens is 290 g/mol. The Balaban J connectivity index is 1.64. The molecule has 0 bridgehead atoms. The van der Waals surface area contributed by atoms with E-state index in [1.54, 1.807) is 6.92 Å². The van der Waals surface area contributed by atoms with Crippen molar-refractivity contribution in [1.82, 2.24) is 5.32 Å². The van der Waals surface area contributed by atoms with Crippen LogP contribution in [0.1, 0.15) is 18.1 Å². The molecule has 0 saturated carbocycles. The zero-order valence-electron chi connectivity index (χ0n) is 13.6. The molecule has 4 nitrogen and oxygen atoms in total. The van der Waals surface area contributed by atoms with Crippen molar-refractivity contribution in [3.8, 4) is 5.75 Å². The van der Waals surface area contributed by atoms with Crippen LogP contribution in [0.2, 0.25) is 0 Å². The van der Waals surface area contributed by atoms with Crippen molar-refractivity contribution in [2.75, 3.05) is 13.2 Å². The van der Waals surface area contributed by atoms with Gasteiger partial charge in [0.25, 0.3) is 0 Å². The average Bonchev–Trinajstić information content (AvgIpc) is 2.57. The molecule has 2 aromatic carbocycles. The van der Waals surface area contributed by atoms with Crippen molar-refractivity contribution in [2.45, 2.75) is 26.6 Å². The Morgan fingerprint density at radius 3 is 2.65 bits per heavy atom. The van der Waals surface area contributed by atoms with Crippen molar-refractivity contribution >= 4 is 5.91 Å². The summed E-state index contributed by atoms with van der Waals surface area (Å²) in [5.74, 6) is 0.682. The van der Waals surface area contributed by atoms with Crippen molar-refractivity contribution < 1.29 is 14.3 Å². The lowest BCUT2D eigenvalue weighted by Gasteiger charge is -2.14. The van der Waals surface area contributed by atoms with E-state index in [0.29, 0.717) is 19.8 Å². The monoisotopic (exact) mass is 313 g/mol. The largest absolute Gasteiger partial charge is 0.492 e. The fraction of sp³-hybridized carbons (Fsp3) is 0.316. The van der Waals surface area contributed by atoms with Crippen LogP contribution in [0.15, 0.2) is 54.6 Å². The molecule has 1 amide bonds. The molecule has 0 aliphatic heterocycles. The van der Waals surface area contributed by atoms with Crippen LogP contribution in [-0.4, -0.2) is 25.2 Å². The lowest BCUT2D eigenvalue weighted by molar-refractivity contribution is -0.132. The number of hydrogen-bond acceptors (Lipinski definition) is 3. The van der Waals surface area contributed by atoms with E-state index in [9.17, 15) is 4.79 Å². The van der Waals surface area contributed by atoms with Gasteiger partial charge in [0.2, 0.25) is 5.91 Å². The standard InChI is InChI=1S/C19H23NO3/c1-15-7-6-10-18(13-15)22-12-11-20-19(21)16(2)23-14-17-8-4-3-5-9-17/h3-10,13,16H,11-12,14H2,1-2H3,(H,20,21). The summed E-state index contributed by atoms with van der Waals surface area (Å²) >= 11 is 0. The molecular formula is C19H23NO3. The van der Waals surface area contributed by atoms with Gasteiger partial charge >= 0.3 is 0 Å². The molecule has 0 fully saturated rings. The van der Waals surface area contributed by atoms with Crippen LogP contribution in [0.4, 0.5) is 0 Å². The molecule has 4 heteroatoms. The van der Waals surface area contributed by atoms with Gasteiger partial charge in [-0.2, -0.15) is 0 Å². The number of rotatable bonds is 8. The molecule has 1 atom stereocenters. The highest BCUT2D eigenvalue weighted by Crippen LogP contribution is 2.11. The van der Waals surface area contributed by atoms with Gasteiger partial charge in [-0.1, -0.05) is 42.5 Å². The van der Waals surface area contributed by atoms with E-state index in [1.165, 1.54) is 0 Å². The van der Waals surface area contributed by atoms with Crippen LogP contribution in [0.3, 0.4) is 0 Å². The Morgan fingerprint density at radius 2 is 1.91 bits per heavy atom. The number of ether oxygens (including phenoxy) is 2. The van der Waals surface area contributed by atoms with Gasteiger partial charge in [0, 0.05) is 0 Å². The first-order valence-corrected chi connectivity index (χ1v) is 7.78. The molecule has 23 heavy (non-hydrogen) atoms. The molecule has 1 N–H and O–H groups in total. The van der Waals surface area contributed by atoms with Gasteiger partial charge < -0.3 is 14.8 Å². The third-order valence-corrected chi connectivity index (χ3v) is 3.37. The minimum absolute atomic E-state index is 0.131. The van der Waals surface area contributed by atoms with Gasteiger partial charge in [0.1, 0.15) is 18.5 Å². The quantitative estimate of drug-likeness (QED) is 0.762. The molecule has 0 aromatic heterocycles. The van der Waals surface area contributed by atoms with Crippen LogP contribution in [0.25, 0.3) is 0 Å². The molecule has 0 heterocycles. The van der Waals surface area contributed by atoms with E-state index in [4.69, 9.17) is 9.47 Å². The second-order valence-electron chi connectivity index (χ2n) is 5.39. The Bertz CT molecular complexity index is 613. The van der Waals surface area contributed by atoms with Gasteiger partial charge in [0.05, 0.1) is 13.2 Å². The number of nitrogens with one attached hydrogen (secondary N) is 1. The van der Waals surface area contributed by atoms with Crippen molar-refractivity contribution in [3.05, 3.63) is 65.7 Å². The van der Waals surface area contributed by atoms with Gasteiger partial charge in [-0.25, -0.2) is 0 Å². The van der Waals surface area contributed by atoms with Crippen LogP contribution in [-0.2, 0) is 16.1 Å². The van der Waals surface area contributed by atoms with Crippen molar-refractivity contribution in [3.63, 3.8) is 0 Å². The molecule has 1 unspecified atom stereocenters. The van der Waals surface area contributed by atoms with Crippen LogP contribution < -0.4 is 10.1 Å². The van der Waals surface area contributed by atoms with Crippen molar-refractivity contribution in [2.24, 2.45) is 0 Å². The first-order valence-electron chi connectivity index (χ1n) is 7.78. The SMILES string of the molecule is Cc1cccc(OCCNC(=O)C(C)OCc2ccccc2)c1. The Labute approximate surface area is 137 Å². The van der Waals surface area contributed by atoms with Crippen LogP contribution in [0.5, 0.6) is 5.75 Å². The summed E-state index contributed by atoms with van der Waals surface area (Å²) in [6, 6.07) is 17.6. The summed E-state index contributed by atoms with van der Waals surface area (Å²) < 4.78 is 11.2. The van der Waals surface area contributed by atoms with Crippen LogP contribution in [0, 0.1) is 6.92 Å². The second kappa shape index (κ2) is 8.96. The fourth-order valence-corrected chi connectivity index (χ4v) is 2.06. The van der Waals surface area contributed by atoms with E-state index < -0.39 is 6.10 Å². The maximum atomic E-state index is 11.9. The first-order chi connectivity index (χ1) is 11.1. The lowest BCUT2D eigenvalue weighted by atomic mass is 10.2. The van der Waals surface area contributed by atoms with E-state index in [-0.39, 0.29) is 5.91 Å². The van der Waals surface area contributed by atoms with E-state index in [1.807, 2.05) is 61.5 Å². The third kappa shape index (κ3) is 6.12. The number of carbonyl (C=O) groups excluding carboxylic acids is 1. The number of benzene rings is 2. The lowest BCUT2D eigenvalue weighted by Crippen LogP contribution is -2.36. The minimum atomic E-state index is -0.492. The fourth-order valence-electron chi connectivity index (χ4n) is 2.06. The Kier molecular flexibility index (Phi) is 6.63. The van der Waals surface area contributed by atoms with Gasteiger partial charge in [-0.15, -0.1) is 0 Å². The maximum absolute atomic E-state index is 11.9.